The second-order valence-electron chi connectivity index (χ2n) is 7.28. The standard InChI is InChI=1S/C19H27N3O2/c1-13(2)11-17-18(23)21-16-12-14(7-8-15(16)20-17)19(24)22-9-5-3-4-6-10-22/h7-8,12-13,17,20H,3-6,9-11H2,1-2H3,(H,21,23). The fraction of sp³-hybridized carbons (Fsp3) is 0.579. The zero-order valence-electron chi connectivity index (χ0n) is 14.6. The van der Waals surface area contributed by atoms with E-state index in [0.29, 0.717) is 17.2 Å². The maximum atomic E-state index is 12.7. The van der Waals surface area contributed by atoms with Gasteiger partial charge in [0.15, 0.2) is 0 Å². The predicted octanol–water partition coefficient (Wildman–Crippen LogP) is 3.48. The van der Waals surface area contributed by atoms with E-state index >= 15 is 0 Å². The number of hydrogen-bond donors (Lipinski definition) is 2. The molecule has 1 atom stereocenters. The smallest absolute Gasteiger partial charge is 0.253 e. The molecule has 2 N–H and O–H groups in total. The number of anilines is 2. The van der Waals surface area contributed by atoms with Gasteiger partial charge >= 0.3 is 0 Å². The number of nitrogens with one attached hydrogen (secondary N) is 2. The quantitative estimate of drug-likeness (QED) is 0.892. The molecular formula is C19H27N3O2. The van der Waals surface area contributed by atoms with Crippen molar-refractivity contribution in [2.24, 2.45) is 5.92 Å². The summed E-state index contributed by atoms with van der Waals surface area (Å²) in [5, 5.41) is 6.25. The van der Waals surface area contributed by atoms with Gasteiger partial charge in [-0.05, 0) is 43.4 Å². The van der Waals surface area contributed by atoms with E-state index < -0.39 is 0 Å². The molecule has 2 aliphatic rings. The molecule has 24 heavy (non-hydrogen) atoms. The zero-order valence-corrected chi connectivity index (χ0v) is 14.6. The molecule has 0 spiro atoms. The van der Waals surface area contributed by atoms with Crippen LogP contribution < -0.4 is 10.6 Å². The number of carbonyl (C=O) groups is 2. The zero-order chi connectivity index (χ0) is 17.1. The average molecular weight is 329 g/mol. The summed E-state index contributed by atoms with van der Waals surface area (Å²) >= 11 is 0. The van der Waals surface area contributed by atoms with Crippen LogP contribution in [0.1, 0.15) is 56.3 Å². The van der Waals surface area contributed by atoms with Crippen LogP contribution >= 0.6 is 0 Å². The highest BCUT2D eigenvalue weighted by Gasteiger charge is 2.27. The number of likely N-dealkylation sites (tertiary alicyclic amines) is 1. The van der Waals surface area contributed by atoms with Crippen molar-refractivity contribution in [3.63, 3.8) is 0 Å². The van der Waals surface area contributed by atoms with Crippen LogP contribution in [-0.2, 0) is 4.79 Å². The average Bonchev–Trinajstić information content (AvgIpc) is 2.83. The molecule has 3 rings (SSSR count). The fourth-order valence-corrected chi connectivity index (χ4v) is 3.47. The lowest BCUT2D eigenvalue weighted by atomic mass is 10.00. The molecule has 0 bridgehead atoms. The number of fused-ring (bicyclic) bond motifs is 1. The van der Waals surface area contributed by atoms with Gasteiger partial charge in [0.2, 0.25) is 5.91 Å². The first kappa shape index (κ1) is 16.8. The summed E-state index contributed by atoms with van der Waals surface area (Å²) in [6, 6.07) is 5.37. The molecule has 2 aliphatic heterocycles. The maximum absolute atomic E-state index is 12.7. The maximum Gasteiger partial charge on any atom is 0.253 e. The van der Waals surface area contributed by atoms with E-state index in [2.05, 4.69) is 24.5 Å². The highest BCUT2D eigenvalue weighted by molar-refractivity contribution is 6.05. The van der Waals surface area contributed by atoms with E-state index in [-0.39, 0.29) is 17.9 Å². The molecule has 2 heterocycles. The summed E-state index contributed by atoms with van der Waals surface area (Å²) in [6.45, 7) is 5.87. The summed E-state index contributed by atoms with van der Waals surface area (Å²) in [6.07, 6.45) is 5.34. The summed E-state index contributed by atoms with van der Waals surface area (Å²) in [5.74, 6) is 0.493. The number of amides is 2. The Hall–Kier alpha value is -2.04. The summed E-state index contributed by atoms with van der Waals surface area (Å²) in [7, 11) is 0. The molecule has 1 saturated heterocycles. The third kappa shape index (κ3) is 3.71. The molecule has 0 aromatic heterocycles. The lowest BCUT2D eigenvalue weighted by Crippen LogP contribution is -2.40. The third-order valence-electron chi connectivity index (χ3n) is 4.77. The van der Waals surface area contributed by atoms with Gasteiger partial charge in [0.25, 0.3) is 5.91 Å². The second-order valence-corrected chi connectivity index (χ2v) is 7.28. The molecule has 1 aromatic rings. The third-order valence-corrected chi connectivity index (χ3v) is 4.77. The fourth-order valence-electron chi connectivity index (χ4n) is 3.47. The molecule has 130 valence electrons. The van der Waals surface area contributed by atoms with Gasteiger partial charge in [-0.3, -0.25) is 9.59 Å². The minimum Gasteiger partial charge on any atom is -0.372 e. The van der Waals surface area contributed by atoms with Gasteiger partial charge in [-0.25, -0.2) is 0 Å². The van der Waals surface area contributed by atoms with Crippen molar-refractivity contribution in [3.05, 3.63) is 23.8 Å². The van der Waals surface area contributed by atoms with E-state index in [4.69, 9.17) is 0 Å². The van der Waals surface area contributed by atoms with E-state index in [9.17, 15) is 9.59 Å². The van der Waals surface area contributed by atoms with E-state index in [1.54, 1.807) is 6.07 Å². The largest absolute Gasteiger partial charge is 0.372 e. The van der Waals surface area contributed by atoms with Crippen molar-refractivity contribution in [2.45, 2.75) is 52.0 Å². The van der Waals surface area contributed by atoms with Crippen LogP contribution in [0.3, 0.4) is 0 Å². The van der Waals surface area contributed by atoms with Gasteiger partial charge in [0.1, 0.15) is 6.04 Å². The minimum absolute atomic E-state index is 0.0180. The monoisotopic (exact) mass is 329 g/mol. The summed E-state index contributed by atoms with van der Waals surface area (Å²) < 4.78 is 0. The first-order valence-corrected chi connectivity index (χ1v) is 9.05. The van der Waals surface area contributed by atoms with Crippen LogP contribution in [0, 0.1) is 5.92 Å². The Morgan fingerprint density at radius 2 is 1.88 bits per heavy atom. The van der Waals surface area contributed by atoms with Crippen LogP contribution in [0.5, 0.6) is 0 Å². The van der Waals surface area contributed by atoms with Crippen molar-refractivity contribution >= 4 is 23.2 Å². The minimum atomic E-state index is -0.204. The number of rotatable bonds is 3. The molecule has 1 fully saturated rings. The molecule has 0 radical (unpaired) electrons. The van der Waals surface area contributed by atoms with Gasteiger partial charge < -0.3 is 15.5 Å². The normalized spacial score (nSPS) is 20.9. The van der Waals surface area contributed by atoms with Crippen molar-refractivity contribution in [1.82, 2.24) is 4.90 Å². The molecular weight excluding hydrogens is 302 g/mol. The summed E-state index contributed by atoms with van der Waals surface area (Å²) in [4.78, 5) is 26.9. The highest BCUT2D eigenvalue weighted by Crippen LogP contribution is 2.30. The lowest BCUT2D eigenvalue weighted by molar-refractivity contribution is -0.117. The first-order chi connectivity index (χ1) is 11.5. The van der Waals surface area contributed by atoms with Crippen molar-refractivity contribution in [3.8, 4) is 0 Å². The molecule has 5 nitrogen and oxygen atoms in total. The SMILES string of the molecule is CC(C)CC1Nc2ccc(C(=O)N3CCCCCC3)cc2NC1=O. The Labute approximate surface area is 143 Å². The molecule has 0 saturated carbocycles. The highest BCUT2D eigenvalue weighted by atomic mass is 16.2. The van der Waals surface area contributed by atoms with E-state index in [1.165, 1.54) is 12.8 Å². The molecule has 2 amide bonds. The Morgan fingerprint density at radius 3 is 2.54 bits per heavy atom. The molecule has 5 heteroatoms. The Balaban J connectivity index is 1.76. The molecule has 0 aliphatic carbocycles. The Kier molecular flexibility index (Phi) is 5.07. The number of hydrogen-bond acceptors (Lipinski definition) is 3. The van der Waals surface area contributed by atoms with E-state index in [0.717, 1.165) is 38.0 Å². The predicted molar refractivity (Wildman–Crippen MR) is 96.3 cm³/mol. The van der Waals surface area contributed by atoms with Gasteiger partial charge in [-0.1, -0.05) is 26.7 Å². The molecule has 1 unspecified atom stereocenters. The Morgan fingerprint density at radius 1 is 1.17 bits per heavy atom. The van der Waals surface area contributed by atoms with Crippen LogP contribution in [0.4, 0.5) is 11.4 Å². The van der Waals surface area contributed by atoms with Crippen LogP contribution in [0.15, 0.2) is 18.2 Å². The van der Waals surface area contributed by atoms with Crippen LogP contribution in [0.25, 0.3) is 0 Å². The number of benzene rings is 1. The molecule has 1 aromatic carbocycles. The topological polar surface area (TPSA) is 61.4 Å². The van der Waals surface area contributed by atoms with Gasteiger partial charge in [-0.2, -0.15) is 0 Å². The Bertz CT molecular complexity index is 619. The van der Waals surface area contributed by atoms with Crippen LogP contribution in [-0.4, -0.2) is 35.8 Å². The van der Waals surface area contributed by atoms with Crippen molar-refractivity contribution < 1.29 is 9.59 Å². The van der Waals surface area contributed by atoms with Gasteiger partial charge in [0.05, 0.1) is 11.4 Å². The van der Waals surface area contributed by atoms with Gasteiger partial charge in [0, 0.05) is 18.7 Å². The second kappa shape index (κ2) is 7.24. The van der Waals surface area contributed by atoms with Crippen LogP contribution in [0.2, 0.25) is 0 Å². The number of nitrogens with zero attached hydrogens (tertiary/aromatic N) is 1. The van der Waals surface area contributed by atoms with Crippen molar-refractivity contribution in [1.29, 1.82) is 0 Å². The summed E-state index contributed by atoms with van der Waals surface area (Å²) in [5.41, 5.74) is 2.26. The van der Waals surface area contributed by atoms with Crippen molar-refractivity contribution in [2.75, 3.05) is 23.7 Å². The first-order valence-electron chi connectivity index (χ1n) is 9.05. The van der Waals surface area contributed by atoms with E-state index in [1.807, 2.05) is 17.0 Å². The number of carbonyl (C=O) groups excluding carboxylic acids is 2. The van der Waals surface area contributed by atoms with Gasteiger partial charge in [-0.15, -0.1) is 0 Å². The lowest BCUT2D eigenvalue weighted by Gasteiger charge is -2.28.